The van der Waals surface area contributed by atoms with Gasteiger partial charge in [-0.1, -0.05) is 0 Å². The summed E-state index contributed by atoms with van der Waals surface area (Å²) in [5.41, 5.74) is 0. The molecule has 0 saturated carbocycles. The standard InChI is InChI=1S/C17H30N2O3/c1-18-14-5-6-15(18)11-13(10-14)16-12-19(8-9-22-16)7-3-2-4-17(20)21/h13-16H,2-12H2,1H3,(H,20,21). The number of hydrogen-bond donors (Lipinski definition) is 1. The minimum atomic E-state index is -0.679. The number of carbonyl (C=O) groups is 1. The summed E-state index contributed by atoms with van der Waals surface area (Å²) in [6.45, 7) is 3.90. The van der Waals surface area contributed by atoms with Gasteiger partial charge in [0, 0.05) is 31.6 Å². The number of morpholine rings is 1. The summed E-state index contributed by atoms with van der Waals surface area (Å²) >= 11 is 0. The topological polar surface area (TPSA) is 53.0 Å². The Bertz CT molecular complexity index is 376. The maximum absolute atomic E-state index is 10.6. The third-order valence-corrected chi connectivity index (χ3v) is 5.95. The summed E-state index contributed by atoms with van der Waals surface area (Å²) < 4.78 is 6.10. The first-order chi connectivity index (χ1) is 10.6. The van der Waals surface area contributed by atoms with E-state index in [-0.39, 0.29) is 0 Å². The first-order valence-electron chi connectivity index (χ1n) is 8.91. The summed E-state index contributed by atoms with van der Waals surface area (Å²) in [7, 11) is 2.29. The number of ether oxygens (including phenoxy) is 1. The van der Waals surface area contributed by atoms with Gasteiger partial charge in [-0.05, 0) is 58.0 Å². The number of hydrogen-bond acceptors (Lipinski definition) is 4. The molecule has 3 fully saturated rings. The van der Waals surface area contributed by atoms with Gasteiger partial charge in [0.15, 0.2) is 0 Å². The van der Waals surface area contributed by atoms with Crippen molar-refractivity contribution >= 4 is 5.97 Å². The van der Waals surface area contributed by atoms with E-state index in [4.69, 9.17) is 9.84 Å². The van der Waals surface area contributed by atoms with Crippen LogP contribution in [-0.4, -0.2) is 72.4 Å². The van der Waals surface area contributed by atoms with E-state index in [9.17, 15) is 4.79 Å². The molecule has 0 aromatic carbocycles. The smallest absolute Gasteiger partial charge is 0.303 e. The molecule has 22 heavy (non-hydrogen) atoms. The van der Waals surface area contributed by atoms with E-state index in [1.54, 1.807) is 0 Å². The van der Waals surface area contributed by atoms with Gasteiger partial charge in [-0.3, -0.25) is 9.69 Å². The molecule has 3 saturated heterocycles. The average molecular weight is 310 g/mol. The van der Waals surface area contributed by atoms with Crippen LogP contribution in [0.5, 0.6) is 0 Å². The molecule has 5 nitrogen and oxygen atoms in total. The number of piperidine rings is 1. The maximum atomic E-state index is 10.6. The van der Waals surface area contributed by atoms with Crippen molar-refractivity contribution < 1.29 is 14.6 Å². The second-order valence-corrected chi connectivity index (χ2v) is 7.34. The van der Waals surface area contributed by atoms with Gasteiger partial charge < -0.3 is 14.7 Å². The van der Waals surface area contributed by atoms with Crippen LogP contribution in [0.2, 0.25) is 0 Å². The van der Waals surface area contributed by atoms with Gasteiger partial charge in [-0.25, -0.2) is 0 Å². The van der Waals surface area contributed by atoms with Crippen LogP contribution in [0.25, 0.3) is 0 Å². The lowest BCUT2D eigenvalue weighted by molar-refractivity contribution is -0.137. The van der Waals surface area contributed by atoms with E-state index in [1.165, 1.54) is 25.7 Å². The molecule has 0 aromatic heterocycles. The fraction of sp³-hybridized carbons (Fsp3) is 0.941. The van der Waals surface area contributed by atoms with Crippen LogP contribution < -0.4 is 0 Å². The Morgan fingerprint density at radius 3 is 2.64 bits per heavy atom. The van der Waals surface area contributed by atoms with Gasteiger partial charge in [-0.2, -0.15) is 0 Å². The van der Waals surface area contributed by atoms with Crippen molar-refractivity contribution in [3.05, 3.63) is 0 Å². The normalized spacial score (nSPS) is 36.6. The second kappa shape index (κ2) is 7.28. The molecule has 3 atom stereocenters. The van der Waals surface area contributed by atoms with Gasteiger partial charge in [0.25, 0.3) is 0 Å². The van der Waals surface area contributed by atoms with E-state index < -0.39 is 5.97 Å². The number of unbranched alkanes of at least 4 members (excludes halogenated alkanes) is 1. The van der Waals surface area contributed by atoms with Crippen molar-refractivity contribution in [3.8, 4) is 0 Å². The largest absolute Gasteiger partial charge is 0.481 e. The van der Waals surface area contributed by atoms with Crippen molar-refractivity contribution in [3.63, 3.8) is 0 Å². The molecule has 3 aliphatic heterocycles. The lowest BCUT2D eigenvalue weighted by atomic mass is 9.86. The molecule has 0 spiro atoms. The molecule has 3 rings (SSSR count). The number of aliphatic carboxylic acids is 1. The van der Waals surface area contributed by atoms with Gasteiger partial charge in [0.2, 0.25) is 0 Å². The molecular weight excluding hydrogens is 280 g/mol. The van der Waals surface area contributed by atoms with Crippen molar-refractivity contribution in [2.45, 2.75) is 63.1 Å². The summed E-state index contributed by atoms with van der Waals surface area (Å²) in [5.74, 6) is 0.0391. The Hall–Kier alpha value is -0.650. The van der Waals surface area contributed by atoms with Crippen LogP contribution in [0.4, 0.5) is 0 Å². The molecular formula is C17H30N2O3. The van der Waals surface area contributed by atoms with Gasteiger partial charge in [-0.15, -0.1) is 0 Å². The molecule has 3 heterocycles. The number of rotatable bonds is 6. The Morgan fingerprint density at radius 1 is 1.23 bits per heavy atom. The Kier molecular flexibility index (Phi) is 5.37. The summed E-state index contributed by atoms with van der Waals surface area (Å²) in [4.78, 5) is 15.6. The van der Waals surface area contributed by atoms with Crippen LogP contribution in [0.1, 0.15) is 44.9 Å². The predicted molar refractivity (Wildman–Crippen MR) is 85.0 cm³/mol. The van der Waals surface area contributed by atoms with Crippen molar-refractivity contribution in [2.75, 3.05) is 33.3 Å². The average Bonchev–Trinajstić information content (AvgIpc) is 2.74. The SMILES string of the molecule is CN1C2CCC1CC(C1CN(CCCCC(=O)O)CCO1)C2. The fourth-order valence-corrected chi connectivity index (χ4v) is 4.59. The quantitative estimate of drug-likeness (QED) is 0.758. The zero-order valence-corrected chi connectivity index (χ0v) is 13.7. The monoisotopic (exact) mass is 310 g/mol. The lowest BCUT2D eigenvalue weighted by Gasteiger charge is -2.43. The molecule has 0 amide bonds. The second-order valence-electron chi connectivity index (χ2n) is 7.34. The van der Waals surface area contributed by atoms with E-state index in [0.29, 0.717) is 12.5 Å². The Balaban J connectivity index is 1.44. The first kappa shape index (κ1) is 16.2. The molecule has 0 radical (unpaired) electrons. The third kappa shape index (κ3) is 3.81. The van der Waals surface area contributed by atoms with Gasteiger partial charge >= 0.3 is 5.97 Å². The molecule has 2 bridgehead atoms. The highest BCUT2D eigenvalue weighted by atomic mass is 16.5. The van der Waals surface area contributed by atoms with Gasteiger partial charge in [0.05, 0.1) is 12.7 Å². The first-order valence-corrected chi connectivity index (χ1v) is 8.91. The lowest BCUT2D eigenvalue weighted by Crippen LogP contribution is -2.50. The molecule has 3 unspecified atom stereocenters. The molecule has 3 aliphatic rings. The van der Waals surface area contributed by atoms with Crippen LogP contribution >= 0.6 is 0 Å². The van der Waals surface area contributed by atoms with E-state index in [2.05, 4.69) is 16.8 Å². The van der Waals surface area contributed by atoms with E-state index >= 15 is 0 Å². The highest BCUT2D eigenvalue weighted by molar-refractivity contribution is 5.66. The minimum absolute atomic E-state index is 0.298. The van der Waals surface area contributed by atoms with E-state index in [0.717, 1.165) is 57.1 Å². The van der Waals surface area contributed by atoms with Crippen LogP contribution in [0.3, 0.4) is 0 Å². The molecule has 1 N–H and O–H groups in total. The number of fused-ring (bicyclic) bond motifs is 2. The maximum Gasteiger partial charge on any atom is 0.303 e. The fourth-order valence-electron chi connectivity index (χ4n) is 4.59. The summed E-state index contributed by atoms with van der Waals surface area (Å²) in [6, 6.07) is 1.55. The van der Waals surface area contributed by atoms with Crippen LogP contribution in [-0.2, 0) is 9.53 Å². The minimum Gasteiger partial charge on any atom is -0.481 e. The highest BCUT2D eigenvalue weighted by Gasteiger charge is 2.42. The van der Waals surface area contributed by atoms with Crippen LogP contribution in [0, 0.1) is 5.92 Å². The summed E-state index contributed by atoms with van der Waals surface area (Å²) in [6.07, 6.45) is 7.78. The zero-order valence-electron chi connectivity index (χ0n) is 13.7. The highest BCUT2D eigenvalue weighted by Crippen LogP contribution is 2.39. The van der Waals surface area contributed by atoms with Crippen molar-refractivity contribution in [1.82, 2.24) is 9.80 Å². The Morgan fingerprint density at radius 2 is 1.95 bits per heavy atom. The van der Waals surface area contributed by atoms with Gasteiger partial charge in [0.1, 0.15) is 0 Å². The van der Waals surface area contributed by atoms with Crippen molar-refractivity contribution in [1.29, 1.82) is 0 Å². The Labute approximate surface area is 133 Å². The summed E-state index contributed by atoms with van der Waals surface area (Å²) in [5, 5.41) is 8.70. The third-order valence-electron chi connectivity index (χ3n) is 5.95. The molecule has 0 aromatic rings. The number of carboxylic acid groups (broad SMARTS) is 1. The predicted octanol–water partition coefficient (Wildman–Crippen LogP) is 1.81. The number of nitrogens with zero attached hydrogens (tertiary/aromatic N) is 2. The van der Waals surface area contributed by atoms with E-state index in [1.807, 2.05) is 0 Å². The molecule has 5 heteroatoms. The number of carboxylic acids is 1. The van der Waals surface area contributed by atoms with Crippen LogP contribution in [0.15, 0.2) is 0 Å². The molecule has 0 aliphatic carbocycles. The molecule has 126 valence electrons. The van der Waals surface area contributed by atoms with Crippen molar-refractivity contribution in [2.24, 2.45) is 5.92 Å². The zero-order chi connectivity index (χ0) is 15.5.